The lowest BCUT2D eigenvalue weighted by Crippen LogP contribution is -2.61. The van der Waals surface area contributed by atoms with Crippen LogP contribution in [0.15, 0.2) is 36.5 Å². The Morgan fingerprint density at radius 3 is 1.39 bits per heavy atom. The van der Waals surface area contributed by atoms with Crippen LogP contribution < -0.4 is 0 Å². The Bertz CT molecular complexity index is 1310. The fraction of sp³-hybridized carbons (Fsp3) is 0.877. The number of unbranched alkanes of at least 4 members (excludes halogenated alkanes) is 26. The van der Waals surface area contributed by atoms with Gasteiger partial charge in [-0.3, -0.25) is 4.79 Å². The second-order valence-electron chi connectivity index (χ2n) is 20.1. The predicted octanol–water partition coefficient (Wildman–Crippen LogP) is 9.75. The maximum absolute atomic E-state index is 13.1. The van der Waals surface area contributed by atoms with Crippen molar-refractivity contribution in [3.63, 3.8) is 0 Å². The van der Waals surface area contributed by atoms with Crippen molar-refractivity contribution in [3.05, 3.63) is 36.5 Å². The minimum Gasteiger partial charge on any atom is -0.457 e. The average Bonchev–Trinajstić information content (AvgIpc) is 3.37. The van der Waals surface area contributed by atoms with Gasteiger partial charge < -0.3 is 64.2 Å². The smallest absolute Gasteiger partial charge is 0.306 e. The zero-order valence-corrected chi connectivity index (χ0v) is 44.5. The van der Waals surface area contributed by atoms with Gasteiger partial charge >= 0.3 is 5.97 Å². The summed E-state index contributed by atoms with van der Waals surface area (Å²) in [4.78, 5) is 13.1. The van der Waals surface area contributed by atoms with Crippen molar-refractivity contribution < 1.29 is 69.0 Å². The third-order valence-electron chi connectivity index (χ3n) is 13.6. The highest BCUT2D eigenvalue weighted by Gasteiger charge is 2.47. The number of allylic oxidation sites excluding steroid dienone is 6. The van der Waals surface area contributed by atoms with E-state index < -0.39 is 80.7 Å². The van der Waals surface area contributed by atoms with E-state index in [9.17, 15) is 40.5 Å². The maximum Gasteiger partial charge on any atom is 0.306 e. The standard InChI is InChI=1S/C57H104O14/c1-3-5-7-9-11-13-15-17-19-21-22-23-25-27-29-31-33-35-37-39-41-66-43-46(69-49(59)40-38-36-34-32-30-28-26-24-20-18-16-14-12-10-8-6-4-2)44-67-56-55(65)53(63)51(61)48(71-56)45-68-57-54(64)52(62)50(60)47(42-58)70-57/h12,14,17-20,46-48,50-58,60-65H,3-11,13,15-16,21-45H2,1-2H3/b14-12-,19-17-,20-18-. The molecular weight excluding hydrogens is 909 g/mol. The van der Waals surface area contributed by atoms with Crippen LogP contribution in [0.3, 0.4) is 0 Å². The fourth-order valence-electron chi connectivity index (χ4n) is 8.96. The van der Waals surface area contributed by atoms with Gasteiger partial charge in [0.1, 0.15) is 54.9 Å². The summed E-state index contributed by atoms with van der Waals surface area (Å²) in [7, 11) is 0. The highest BCUT2D eigenvalue weighted by atomic mass is 16.7. The van der Waals surface area contributed by atoms with Gasteiger partial charge in [-0.05, 0) is 70.6 Å². The van der Waals surface area contributed by atoms with Crippen LogP contribution in [0.1, 0.15) is 219 Å². The third kappa shape index (κ3) is 31.6. The molecule has 7 N–H and O–H groups in total. The van der Waals surface area contributed by atoms with Gasteiger partial charge in [0.2, 0.25) is 0 Å². The lowest BCUT2D eigenvalue weighted by atomic mass is 9.98. The van der Waals surface area contributed by atoms with Crippen LogP contribution in [-0.4, -0.2) is 142 Å². The molecule has 14 nitrogen and oxygen atoms in total. The van der Waals surface area contributed by atoms with Crippen molar-refractivity contribution >= 4 is 5.97 Å². The lowest BCUT2D eigenvalue weighted by molar-refractivity contribution is -0.332. The van der Waals surface area contributed by atoms with Crippen LogP contribution in [0, 0.1) is 0 Å². The number of hydrogen-bond donors (Lipinski definition) is 7. The second-order valence-corrected chi connectivity index (χ2v) is 20.1. The zero-order chi connectivity index (χ0) is 51.6. The molecule has 14 heteroatoms. The largest absolute Gasteiger partial charge is 0.457 e. The summed E-state index contributed by atoms with van der Waals surface area (Å²) in [5, 5.41) is 72.3. The van der Waals surface area contributed by atoms with E-state index in [1.54, 1.807) is 0 Å². The van der Waals surface area contributed by atoms with Crippen LogP contribution in [0.2, 0.25) is 0 Å². The molecule has 0 amide bonds. The molecule has 0 aromatic heterocycles. The van der Waals surface area contributed by atoms with Gasteiger partial charge in [0.25, 0.3) is 0 Å². The van der Waals surface area contributed by atoms with Crippen molar-refractivity contribution in [2.45, 2.75) is 287 Å². The van der Waals surface area contributed by atoms with Gasteiger partial charge in [0, 0.05) is 13.0 Å². The molecule has 71 heavy (non-hydrogen) atoms. The molecule has 0 spiro atoms. The van der Waals surface area contributed by atoms with Crippen molar-refractivity contribution in [2.75, 3.05) is 33.0 Å². The molecule has 11 unspecified atom stereocenters. The van der Waals surface area contributed by atoms with Gasteiger partial charge in [-0.25, -0.2) is 0 Å². The number of ether oxygens (including phenoxy) is 6. The summed E-state index contributed by atoms with van der Waals surface area (Å²) in [5.41, 5.74) is 0. The summed E-state index contributed by atoms with van der Waals surface area (Å²) < 4.78 is 34.4. The number of carbonyl (C=O) groups excluding carboxylic acids is 1. The Labute approximate surface area is 429 Å². The first-order valence-electron chi connectivity index (χ1n) is 28.6. The summed E-state index contributed by atoms with van der Waals surface area (Å²) in [6, 6.07) is 0. The van der Waals surface area contributed by atoms with Crippen molar-refractivity contribution in [1.29, 1.82) is 0 Å². The van der Waals surface area contributed by atoms with E-state index >= 15 is 0 Å². The number of hydrogen-bond acceptors (Lipinski definition) is 14. The molecule has 0 aromatic rings. The quantitative estimate of drug-likeness (QED) is 0.0172. The molecule has 2 aliphatic rings. The molecule has 2 fully saturated rings. The fourth-order valence-corrected chi connectivity index (χ4v) is 8.96. The van der Waals surface area contributed by atoms with Gasteiger partial charge in [0.15, 0.2) is 12.6 Å². The van der Waals surface area contributed by atoms with E-state index in [1.807, 2.05) is 0 Å². The van der Waals surface area contributed by atoms with Crippen LogP contribution in [0.5, 0.6) is 0 Å². The number of carbonyl (C=O) groups is 1. The Morgan fingerprint density at radius 2 is 0.873 bits per heavy atom. The van der Waals surface area contributed by atoms with E-state index in [4.69, 9.17) is 28.4 Å². The van der Waals surface area contributed by atoms with Crippen molar-refractivity contribution in [3.8, 4) is 0 Å². The second kappa shape index (κ2) is 44.5. The van der Waals surface area contributed by atoms with E-state index in [-0.39, 0.29) is 25.6 Å². The number of rotatable bonds is 46. The van der Waals surface area contributed by atoms with Crippen LogP contribution in [0.25, 0.3) is 0 Å². The van der Waals surface area contributed by atoms with Crippen molar-refractivity contribution in [1.82, 2.24) is 0 Å². The Morgan fingerprint density at radius 1 is 0.465 bits per heavy atom. The molecule has 11 atom stereocenters. The molecule has 2 rings (SSSR count). The molecule has 0 aliphatic carbocycles. The number of aliphatic hydroxyl groups is 7. The minimum absolute atomic E-state index is 0.0588. The third-order valence-corrected chi connectivity index (χ3v) is 13.6. The number of esters is 1. The molecule has 0 radical (unpaired) electrons. The molecule has 2 heterocycles. The van der Waals surface area contributed by atoms with E-state index in [1.165, 1.54) is 141 Å². The summed E-state index contributed by atoms with van der Waals surface area (Å²) >= 11 is 0. The monoisotopic (exact) mass is 1010 g/mol. The minimum atomic E-state index is -1.71. The number of aliphatic hydroxyl groups excluding tert-OH is 7. The first-order valence-corrected chi connectivity index (χ1v) is 28.6. The van der Waals surface area contributed by atoms with E-state index in [2.05, 4.69) is 50.3 Å². The van der Waals surface area contributed by atoms with Gasteiger partial charge in [0.05, 0.1) is 26.4 Å². The predicted molar refractivity (Wildman–Crippen MR) is 280 cm³/mol. The molecule has 0 saturated carbocycles. The summed E-state index contributed by atoms with van der Waals surface area (Å²) in [6.45, 7) is 3.67. The summed E-state index contributed by atoms with van der Waals surface area (Å²) in [6.07, 6.45) is 34.8. The first-order chi connectivity index (χ1) is 34.6. The summed E-state index contributed by atoms with van der Waals surface area (Å²) in [5.74, 6) is -0.383. The normalized spacial score (nSPS) is 25.5. The molecular formula is C57H104O14. The first kappa shape index (κ1) is 65.3. The Kier molecular flexibility index (Phi) is 40.9. The molecule has 0 bridgehead atoms. The van der Waals surface area contributed by atoms with Crippen molar-refractivity contribution in [2.24, 2.45) is 0 Å². The lowest BCUT2D eigenvalue weighted by Gasteiger charge is -2.42. The van der Waals surface area contributed by atoms with Gasteiger partial charge in [-0.15, -0.1) is 0 Å². The van der Waals surface area contributed by atoms with E-state index in [0.29, 0.717) is 13.0 Å². The maximum atomic E-state index is 13.1. The van der Waals surface area contributed by atoms with Crippen LogP contribution in [-0.2, 0) is 33.2 Å². The average molecular weight is 1010 g/mol. The molecule has 2 aliphatic heterocycles. The van der Waals surface area contributed by atoms with Crippen LogP contribution in [0.4, 0.5) is 0 Å². The van der Waals surface area contributed by atoms with Crippen LogP contribution >= 0.6 is 0 Å². The highest BCUT2D eigenvalue weighted by Crippen LogP contribution is 2.27. The van der Waals surface area contributed by atoms with E-state index in [0.717, 1.165) is 51.4 Å². The molecule has 2 saturated heterocycles. The zero-order valence-electron chi connectivity index (χ0n) is 44.5. The van der Waals surface area contributed by atoms with Gasteiger partial charge in [-0.2, -0.15) is 0 Å². The Hall–Kier alpha value is -1.79. The highest BCUT2D eigenvalue weighted by molar-refractivity contribution is 5.69. The molecule has 416 valence electrons. The molecule has 0 aromatic carbocycles. The Balaban J connectivity index is 1.73. The topological polar surface area (TPSA) is 214 Å². The van der Waals surface area contributed by atoms with Gasteiger partial charge in [-0.1, -0.05) is 179 Å². The SMILES string of the molecule is CCCCC/C=C\C/C=C\CCCCCCCCCC(=O)OC(COCCCCCCCCCCCC/C=C\CCCCCCCC)COC1OC(COC2OC(CO)C(O)C(O)C2O)C(O)C(O)C1O.